The minimum absolute atomic E-state index is 0.00944. The fourth-order valence-corrected chi connectivity index (χ4v) is 2.67. The van der Waals surface area contributed by atoms with Crippen LogP contribution in [0.3, 0.4) is 0 Å². The van der Waals surface area contributed by atoms with Crippen LogP contribution in [0.25, 0.3) is 0 Å². The van der Waals surface area contributed by atoms with Crippen molar-refractivity contribution in [2.24, 2.45) is 5.92 Å². The van der Waals surface area contributed by atoms with Gasteiger partial charge in [-0.3, -0.25) is 9.59 Å². The lowest BCUT2D eigenvalue weighted by Gasteiger charge is -2.15. The molecule has 0 aliphatic carbocycles. The summed E-state index contributed by atoms with van der Waals surface area (Å²) in [6.07, 6.45) is 10.0. The van der Waals surface area contributed by atoms with E-state index in [-0.39, 0.29) is 18.0 Å². The van der Waals surface area contributed by atoms with E-state index in [1.165, 1.54) is 19.3 Å². The molecule has 142 valence electrons. The van der Waals surface area contributed by atoms with Gasteiger partial charge in [0, 0.05) is 12.8 Å². The van der Waals surface area contributed by atoms with E-state index in [4.69, 9.17) is 9.47 Å². The Morgan fingerprint density at radius 2 is 1.38 bits per heavy atom. The summed E-state index contributed by atoms with van der Waals surface area (Å²) < 4.78 is 10.6. The van der Waals surface area contributed by atoms with Crippen LogP contribution in [0.15, 0.2) is 0 Å². The van der Waals surface area contributed by atoms with Gasteiger partial charge in [0.15, 0.2) is 0 Å². The Hall–Kier alpha value is -1.06. The highest BCUT2D eigenvalue weighted by Crippen LogP contribution is 2.11. The molecule has 0 radical (unpaired) electrons. The Kier molecular flexibility index (Phi) is 14.8. The topological polar surface area (TPSA) is 52.6 Å². The molecule has 0 heterocycles. The van der Waals surface area contributed by atoms with Crippen molar-refractivity contribution in [3.63, 3.8) is 0 Å². The highest BCUT2D eigenvalue weighted by atomic mass is 16.5. The van der Waals surface area contributed by atoms with Crippen LogP contribution in [0, 0.1) is 5.92 Å². The maximum absolute atomic E-state index is 11.7. The van der Waals surface area contributed by atoms with E-state index >= 15 is 0 Å². The molecule has 0 aromatic heterocycles. The summed E-state index contributed by atoms with van der Waals surface area (Å²) in [5.74, 6) is 0.293. The molecular weight excluding hydrogens is 304 g/mol. The number of carbonyl (C=O) groups is 2. The third-order valence-electron chi connectivity index (χ3n) is 3.91. The summed E-state index contributed by atoms with van der Waals surface area (Å²) in [4.78, 5) is 23.2. The van der Waals surface area contributed by atoms with E-state index < -0.39 is 0 Å². The average molecular weight is 343 g/mol. The monoisotopic (exact) mass is 342 g/mol. The second kappa shape index (κ2) is 15.5. The van der Waals surface area contributed by atoms with E-state index in [9.17, 15) is 9.59 Å². The first-order valence-electron chi connectivity index (χ1n) is 9.80. The van der Waals surface area contributed by atoms with Crippen molar-refractivity contribution < 1.29 is 19.1 Å². The van der Waals surface area contributed by atoms with Crippen LogP contribution in [0.1, 0.15) is 98.3 Å². The molecule has 4 nitrogen and oxygen atoms in total. The average Bonchev–Trinajstić information content (AvgIpc) is 2.49. The second-order valence-corrected chi connectivity index (χ2v) is 7.13. The third kappa shape index (κ3) is 15.8. The molecule has 0 amide bonds. The van der Waals surface area contributed by atoms with Crippen molar-refractivity contribution in [1.82, 2.24) is 0 Å². The minimum atomic E-state index is -0.127. The summed E-state index contributed by atoms with van der Waals surface area (Å²) in [5, 5.41) is 0. The molecule has 0 saturated heterocycles. The maximum Gasteiger partial charge on any atom is 0.306 e. The highest BCUT2D eigenvalue weighted by Gasteiger charge is 2.11. The van der Waals surface area contributed by atoms with Crippen molar-refractivity contribution in [3.05, 3.63) is 0 Å². The number of unbranched alkanes of at least 4 members (excludes halogenated alkanes) is 6. The standard InChI is InChI=1S/C20H38O4/c1-5-6-7-8-12-15-23-19(21)13-10-9-11-14-20(22)24-18(4)16-17(2)3/h17-18H,5-16H2,1-4H3. The zero-order chi connectivity index (χ0) is 18.2. The highest BCUT2D eigenvalue weighted by molar-refractivity contribution is 5.70. The van der Waals surface area contributed by atoms with Gasteiger partial charge in [-0.05, 0) is 38.5 Å². The van der Waals surface area contributed by atoms with Crippen molar-refractivity contribution in [1.29, 1.82) is 0 Å². The third-order valence-corrected chi connectivity index (χ3v) is 3.91. The van der Waals surface area contributed by atoms with Crippen LogP contribution in [0.4, 0.5) is 0 Å². The van der Waals surface area contributed by atoms with Gasteiger partial charge < -0.3 is 9.47 Å². The number of hydrogen-bond acceptors (Lipinski definition) is 4. The summed E-state index contributed by atoms with van der Waals surface area (Å²) in [6, 6.07) is 0. The van der Waals surface area contributed by atoms with E-state index in [2.05, 4.69) is 20.8 Å². The molecule has 1 unspecified atom stereocenters. The molecule has 1 atom stereocenters. The quantitative estimate of drug-likeness (QED) is 0.294. The molecular formula is C20H38O4. The molecule has 0 spiro atoms. The molecule has 0 aliphatic heterocycles. The van der Waals surface area contributed by atoms with Crippen LogP contribution in [0.5, 0.6) is 0 Å². The normalized spacial score (nSPS) is 12.2. The first-order valence-corrected chi connectivity index (χ1v) is 9.80. The van der Waals surface area contributed by atoms with Crippen LogP contribution >= 0.6 is 0 Å². The fraction of sp³-hybridized carbons (Fsp3) is 0.900. The van der Waals surface area contributed by atoms with Crippen LogP contribution in [0.2, 0.25) is 0 Å². The molecule has 4 heteroatoms. The van der Waals surface area contributed by atoms with Gasteiger partial charge in [0.05, 0.1) is 12.7 Å². The Morgan fingerprint density at radius 3 is 2.00 bits per heavy atom. The summed E-state index contributed by atoms with van der Waals surface area (Å²) in [7, 11) is 0. The Morgan fingerprint density at radius 1 is 0.792 bits per heavy atom. The van der Waals surface area contributed by atoms with Crippen molar-refractivity contribution >= 4 is 11.9 Å². The summed E-state index contributed by atoms with van der Waals surface area (Å²) >= 11 is 0. The number of carbonyl (C=O) groups excluding carboxylic acids is 2. The van der Waals surface area contributed by atoms with Gasteiger partial charge in [-0.1, -0.05) is 52.9 Å². The van der Waals surface area contributed by atoms with Gasteiger partial charge in [0.25, 0.3) is 0 Å². The molecule has 0 bridgehead atoms. The zero-order valence-electron chi connectivity index (χ0n) is 16.3. The first-order chi connectivity index (χ1) is 11.5. The Bertz CT molecular complexity index is 326. The zero-order valence-corrected chi connectivity index (χ0v) is 16.3. The fourth-order valence-electron chi connectivity index (χ4n) is 2.67. The van der Waals surface area contributed by atoms with Gasteiger partial charge in [-0.2, -0.15) is 0 Å². The molecule has 0 aromatic rings. The van der Waals surface area contributed by atoms with Crippen molar-refractivity contribution in [2.75, 3.05) is 6.61 Å². The molecule has 0 aliphatic rings. The Labute approximate surface area is 148 Å². The minimum Gasteiger partial charge on any atom is -0.466 e. The van der Waals surface area contributed by atoms with E-state index in [0.717, 1.165) is 38.5 Å². The largest absolute Gasteiger partial charge is 0.466 e. The molecule has 0 N–H and O–H groups in total. The van der Waals surface area contributed by atoms with E-state index in [1.807, 2.05) is 6.92 Å². The predicted molar refractivity (Wildman–Crippen MR) is 97.8 cm³/mol. The van der Waals surface area contributed by atoms with Crippen LogP contribution in [-0.2, 0) is 19.1 Å². The summed E-state index contributed by atoms with van der Waals surface area (Å²) in [5.41, 5.74) is 0. The lowest BCUT2D eigenvalue weighted by atomic mass is 10.1. The number of hydrogen-bond donors (Lipinski definition) is 0. The predicted octanol–water partition coefficient (Wildman–Crippen LogP) is 5.43. The van der Waals surface area contributed by atoms with Crippen molar-refractivity contribution in [3.8, 4) is 0 Å². The SMILES string of the molecule is CCCCCCCOC(=O)CCCCCC(=O)OC(C)CC(C)C. The first kappa shape index (κ1) is 22.9. The molecule has 0 saturated carbocycles. The second-order valence-electron chi connectivity index (χ2n) is 7.13. The summed E-state index contributed by atoms with van der Waals surface area (Å²) in [6.45, 7) is 8.91. The molecule has 0 aromatic carbocycles. The van der Waals surface area contributed by atoms with Gasteiger partial charge in [-0.25, -0.2) is 0 Å². The number of rotatable bonds is 15. The van der Waals surface area contributed by atoms with Crippen molar-refractivity contribution in [2.45, 2.75) is 104 Å². The van der Waals surface area contributed by atoms with Gasteiger partial charge >= 0.3 is 11.9 Å². The smallest absolute Gasteiger partial charge is 0.306 e. The molecule has 0 fully saturated rings. The Balaban J connectivity index is 3.45. The molecule has 0 rings (SSSR count). The number of ether oxygens (including phenoxy) is 2. The number of esters is 2. The van der Waals surface area contributed by atoms with Gasteiger partial charge in [-0.15, -0.1) is 0 Å². The molecule has 24 heavy (non-hydrogen) atoms. The maximum atomic E-state index is 11.7. The van der Waals surface area contributed by atoms with Crippen LogP contribution < -0.4 is 0 Å². The van der Waals surface area contributed by atoms with Crippen LogP contribution in [-0.4, -0.2) is 24.6 Å². The lowest BCUT2D eigenvalue weighted by Crippen LogP contribution is -2.16. The van der Waals surface area contributed by atoms with Gasteiger partial charge in [0.1, 0.15) is 0 Å². The lowest BCUT2D eigenvalue weighted by molar-refractivity contribution is -0.149. The van der Waals surface area contributed by atoms with Gasteiger partial charge in [0.2, 0.25) is 0 Å². The van der Waals surface area contributed by atoms with E-state index in [1.54, 1.807) is 0 Å². The van der Waals surface area contributed by atoms with E-state index in [0.29, 0.717) is 25.4 Å².